The van der Waals surface area contributed by atoms with E-state index >= 15 is 0 Å². The molecule has 18 heavy (non-hydrogen) atoms. The van der Waals surface area contributed by atoms with Gasteiger partial charge in [0, 0.05) is 19.3 Å². The summed E-state index contributed by atoms with van der Waals surface area (Å²) in [6.45, 7) is 5.25. The van der Waals surface area contributed by atoms with E-state index in [0.717, 1.165) is 19.8 Å². The maximum Gasteiger partial charge on any atom is 0.0589 e. The van der Waals surface area contributed by atoms with Crippen LogP contribution in [-0.2, 0) is 9.47 Å². The van der Waals surface area contributed by atoms with Gasteiger partial charge in [-0.3, -0.25) is 0 Å². The van der Waals surface area contributed by atoms with Crippen molar-refractivity contribution >= 4 is 0 Å². The SMILES string of the molecule is CCCC1CC(NCCC2CCCCO2)CCO1. The number of hydrogen-bond acceptors (Lipinski definition) is 3. The molecule has 0 spiro atoms. The predicted octanol–water partition coefficient (Wildman–Crippen LogP) is 2.88. The predicted molar refractivity (Wildman–Crippen MR) is 73.9 cm³/mol. The van der Waals surface area contributed by atoms with Gasteiger partial charge in [0.05, 0.1) is 12.2 Å². The summed E-state index contributed by atoms with van der Waals surface area (Å²) in [6.07, 6.45) is 10.8. The monoisotopic (exact) mass is 255 g/mol. The van der Waals surface area contributed by atoms with E-state index < -0.39 is 0 Å². The summed E-state index contributed by atoms with van der Waals surface area (Å²) in [5.74, 6) is 0. The van der Waals surface area contributed by atoms with Crippen LogP contribution in [0.1, 0.15) is 58.3 Å². The molecular formula is C15H29NO2. The van der Waals surface area contributed by atoms with Gasteiger partial charge >= 0.3 is 0 Å². The molecule has 2 heterocycles. The lowest BCUT2D eigenvalue weighted by Crippen LogP contribution is -2.40. The van der Waals surface area contributed by atoms with Crippen molar-refractivity contribution in [1.82, 2.24) is 5.32 Å². The van der Waals surface area contributed by atoms with Gasteiger partial charge in [-0.25, -0.2) is 0 Å². The van der Waals surface area contributed by atoms with Gasteiger partial charge < -0.3 is 14.8 Å². The summed E-state index contributed by atoms with van der Waals surface area (Å²) in [5.41, 5.74) is 0. The van der Waals surface area contributed by atoms with Gasteiger partial charge in [-0.15, -0.1) is 0 Å². The molecule has 3 heteroatoms. The molecule has 2 fully saturated rings. The Morgan fingerprint density at radius 3 is 2.67 bits per heavy atom. The Bertz CT molecular complexity index is 215. The molecule has 0 aromatic heterocycles. The van der Waals surface area contributed by atoms with Crippen molar-refractivity contribution in [2.75, 3.05) is 19.8 Å². The van der Waals surface area contributed by atoms with E-state index in [1.807, 2.05) is 0 Å². The fourth-order valence-corrected chi connectivity index (χ4v) is 3.07. The molecule has 0 bridgehead atoms. The Balaban J connectivity index is 1.57. The molecule has 3 unspecified atom stereocenters. The van der Waals surface area contributed by atoms with Gasteiger partial charge in [-0.1, -0.05) is 13.3 Å². The van der Waals surface area contributed by atoms with Crippen LogP contribution in [0.3, 0.4) is 0 Å². The van der Waals surface area contributed by atoms with E-state index in [4.69, 9.17) is 9.47 Å². The normalized spacial score (nSPS) is 33.5. The third-order valence-corrected chi connectivity index (χ3v) is 4.15. The maximum absolute atomic E-state index is 5.78. The minimum Gasteiger partial charge on any atom is -0.378 e. The second kappa shape index (κ2) is 8.13. The molecule has 0 aliphatic carbocycles. The average Bonchev–Trinajstić information content (AvgIpc) is 2.41. The van der Waals surface area contributed by atoms with E-state index in [0.29, 0.717) is 18.2 Å². The van der Waals surface area contributed by atoms with E-state index in [2.05, 4.69) is 12.2 Å². The Hall–Kier alpha value is -0.120. The van der Waals surface area contributed by atoms with E-state index in [1.165, 1.54) is 51.4 Å². The summed E-state index contributed by atoms with van der Waals surface area (Å²) < 4.78 is 11.5. The zero-order chi connectivity index (χ0) is 12.6. The largest absolute Gasteiger partial charge is 0.378 e. The second-order valence-electron chi connectivity index (χ2n) is 5.73. The molecule has 3 atom stereocenters. The smallest absolute Gasteiger partial charge is 0.0589 e. The third kappa shape index (κ3) is 4.87. The van der Waals surface area contributed by atoms with Crippen molar-refractivity contribution in [3.63, 3.8) is 0 Å². The first-order chi connectivity index (χ1) is 8.88. The van der Waals surface area contributed by atoms with Gasteiger partial charge in [-0.05, 0) is 51.5 Å². The van der Waals surface area contributed by atoms with Gasteiger partial charge in [-0.2, -0.15) is 0 Å². The molecule has 0 amide bonds. The van der Waals surface area contributed by atoms with E-state index in [9.17, 15) is 0 Å². The minimum atomic E-state index is 0.493. The lowest BCUT2D eigenvalue weighted by Gasteiger charge is -2.31. The molecule has 2 aliphatic rings. The van der Waals surface area contributed by atoms with Crippen molar-refractivity contribution < 1.29 is 9.47 Å². The van der Waals surface area contributed by atoms with Crippen LogP contribution in [0.15, 0.2) is 0 Å². The van der Waals surface area contributed by atoms with Crippen molar-refractivity contribution in [3.8, 4) is 0 Å². The van der Waals surface area contributed by atoms with Crippen molar-refractivity contribution in [3.05, 3.63) is 0 Å². The maximum atomic E-state index is 5.78. The first-order valence-electron chi connectivity index (χ1n) is 7.85. The summed E-state index contributed by atoms with van der Waals surface area (Å²) in [6, 6.07) is 0.666. The van der Waals surface area contributed by atoms with Gasteiger partial charge in [0.15, 0.2) is 0 Å². The first kappa shape index (κ1) is 14.3. The molecule has 1 N–H and O–H groups in total. The summed E-state index contributed by atoms with van der Waals surface area (Å²) in [4.78, 5) is 0. The van der Waals surface area contributed by atoms with Crippen LogP contribution in [0.5, 0.6) is 0 Å². The fraction of sp³-hybridized carbons (Fsp3) is 1.00. The molecule has 0 saturated carbocycles. The average molecular weight is 255 g/mol. The van der Waals surface area contributed by atoms with Gasteiger partial charge in [0.2, 0.25) is 0 Å². The number of hydrogen-bond donors (Lipinski definition) is 1. The van der Waals surface area contributed by atoms with Crippen molar-refractivity contribution in [2.24, 2.45) is 0 Å². The van der Waals surface area contributed by atoms with E-state index in [-0.39, 0.29) is 0 Å². The number of nitrogens with one attached hydrogen (secondary N) is 1. The standard InChI is InChI=1S/C15H29NO2/c1-2-5-15-12-13(8-11-18-15)16-9-7-14-6-3-4-10-17-14/h13-16H,2-12H2,1H3. The third-order valence-electron chi connectivity index (χ3n) is 4.15. The van der Waals surface area contributed by atoms with Crippen LogP contribution in [0, 0.1) is 0 Å². The summed E-state index contributed by atoms with van der Waals surface area (Å²) >= 11 is 0. The van der Waals surface area contributed by atoms with Crippen LogP contribution < -0.4 is 5.32 Å². The minimum absolute atomic E-state index is 0.493. The fourth-order valence-electron chi connectivity index (χ4n) is 3.07. The molecule has 3 nitrogen and oxygen atoms in total. The lowest BCUT2D eigenvalue weighted by atomic mass is 9.99. The number of rotatable bonds is 6. The highest BCUT2D eigenvalue weighted by Crippen LogP contribution is 2.19. The lowest BCUT2D eigenvalue weighted by molar-refractivity contribution is -0.00715. The molecule has 2 aliphatic heterocycles. The highest BCUT2D eigenvalue weighted by atomic mass is 16.5. The molecule has 2 rings (SSSR count). The van der Waals surface area contributed by atoms with Crippen molar-refractivity contribution in [2.45, 2.75) is 76.5 Å². The molecule has 0 aromatic rings. The number of ether oxygens (including phenoxy) is 2. The Kier molecular flexibility index (Phi) is 6.46. The van der Waals surface area contributed by atoms with Crippen LogP contribution >= 0.6 is 0 Å². The molecular weight excluding hydrogens is 226 g/mol. The molecule has 0 radical (unpaired) electrons. The van der Waals surface area contributed by atoms with Crippen LogP contribution in [0.2, 0.25) is 0 Å². The highest BCUT2D eigenvalue weighted by molar-refractivity contribution is 4.77. The Labute approximate surface area is 112 Å². The van der Waals surface area contributed by atoms with E-state index in [1.54, 1.807) is 0 Å². The molecule has 2 saturated heterocycles. The Morgan fingerprint density at radius 2 is 1.89 bits per heavy atom. The van der Waals surface area contributed by atoms with Gasteiger partial charge in [0.25, 0.3) is 0 Å². The topological polar surface area (TPSA) is 30.5 Å². The van der Waals surface area contributed by atoms with Crippen LogP contribution in [0.25, 0.3) is 0 Å². The molecule has 0 aromatic carbocycles. The van der Waals surface area contributed by atoms with Crippen LogP contribution in [0.4, 0.5) is 0 Å². The summed E-state index contributed by atoms with van der Waals surface area (Å²) in [5, 5.41) is 3.70. The van der Waals surface area contributed by atoms with Gasteiger partial charge in [0.1, 0.15) is 0 Å². The second-order valence-corrected chi connectivity index (χ2v) is 5.73. The Morgan fingerprint density at radius 1 is 1.00 bits per heavy atom. The van der Waals surface area contributed by atoms with Crippen LogP contribution in [-0.4, -0.2) is 38.0 Å². The quantitative estimate of drug-likeness (QED) is 0.791. The highest BCUT2D eigenvalue weighted by Gasteiger charge is 2.22. The molecule has 106 valence electrons. The zero-order valence-corrected chi connectivity index (χ0v) is 11.8. The zero-order valence-electron chi connectivity index (χ0n) is 11.8. The summed E-state index contributed by atoms with van der Waals surface area (Å²) in [7, 11) is 0. The van der Waals surface area contributed by atoms with Crippen molar-refractivity contribution in [1.29, 1.82) is 0 Å². The first-order valence-corrected chi connectivity index (χ1v) is 7.85.